The van der Waals surface area contributed by atoms with E-state index in [2.05, 4.69) is 22.5 Å². The van der Waals surface area contributed by atoms with Gasteiger partial charge in [0, 0.05) is 13.1 Å². The van der Waals surface area contributed by atoms with Gasteiger partial charge >= 0.3 is 0 Å². The Morgan fingerprint density at radius 2 is 1.89 bits per heavy atom. The first-order chi connectivity index (χ1) is 8.95. The summed E-state index contributed by atoms with van der Waals surface area (Å²) in [4.78, 5) is 14.6. The molecule has 4 heteroatoms. The quantitative estimate of drug-likeness (QED) is 0.738. The molecule has 1 fully saturated rings. The molecule has 0 radical (unpaired) electrons. The summed E-state index contributed by atoms with van der Waals surface area (Å²) in [5.74, 6) is 0.610. The molecular weight excluding hydrogens is 238 g/mol. The predicted octanol–water partition coefficient (Wildman–Crippen LogP) is 1.61. The normalized spacial score (nSPS) is 19.2. The Labute approximate surface area is 118 Å². The Hall–Kier alpha value is -0.610. The Bertz CT molecular complexity index is 273. The van der Waals surface area contributed by atoms with Crippen LogP contribution in [0.5, 0.6) is 0 Å². The van der Waals surface area contributed by atoms with Crippen LogP contribution in [0.15, 0.2) is 0 Å². The van der Waals surface area contributed by atoms with E-state index in [-0.39, 0.29) is 5.91 Å². The summed E-state index contributed by atoms with van der Waals surface area (Å²) in [6, 6.07) is 0. The Morgan fingerprint density at radius 1 is 1.26 bits per heavy atom. The second-order valence-electron chi connectivity index (χ2n) is 6.33. The van der Waals surface area contributed by atoms with E-state index in [4.69, 9.17) is 0 Å². The molecular formula is C15H31N3O. The fourth-order valence-electron chi connectivity index (χ4n) is 2.66. The van der Waals surface area contributed by atoms with Crippen molar-refractivity contribution in [3.05, 3.63) is 0 Å². The van der Waals surface area contributed by atoms with Gasteiger partial charge in [0.15, 0.2) is 0 Å². The van der Waals surface area contributed by atoms with E-state index in [1.54, 1.807) is 0 Å². The molecule has 1 saturated heterocycles. The van der Waals surface area contributed by atoms with Crippen molar-refractivity contribution in [2.24, 2.45) is 5.92 Å². The van der Waals surface area contributed by atoms with Crippen molar-refractivity contribution in [1.82, 2.24) is 15.5 Å². The van der Waals surface area contributed by atoms with Gasteiger partial charge in [-0.15, -0.1) is 0 Å². The van der Waals surface area contributed by atoms with Crippen LogP contribution in [0.1, 0.15) is 47.0 Å². The lowest BCUT2D eigenvalue weighted by atomic mass is 10.0. The van der Waals surface area contributed by atoms with Gasteiger partial charge in [-0.25, -0.2) is 0 Å². The van der Waals surface area contributed by atoms with Crippen molar-refractivity contribution >= 4 is 5.91 Å². The molecule has 1 aliphatic rings. The third-order valence-electron chi connectivity index (χ3n) is 3.82. The highest BCUT2D eigenvalue weighted by atomic mass is 16.2. The molecule has 112 valence electrons. The van der Waals surface area contributed by atoms with E-state index in [0.29, 0.717) is 5.92 Å². The van der Waals surface area contributed by atoms with Gasteiger partial charge in [0.1, 0.15) is 0 Å². The smallest absolute Gasteiger partial charge is 0.239 e. The van der Waals surface area contributed by atoms with Crippen LogP contribution in [0.2, 0.25) is 0 Å². The van der Waals surface area contributed by atoms with Crippen molar-refractivity contribution < 1.29 is 4.79 Å². The first-order valence-corrected chi connectivity index (χ1v) is 7.71. The molecule has 0 aromatic rings. The van der Waals surface area contributed by atoms with E-state index in [0.717, 1.165) is 19.6 Å². The molecule has 0 bridgehead atoms. The number of likely N-dealkylation sites (N-methyl/N-ethyl adjacent to an activating group) is 1. The molecule has 1 heterocycles. The standard InChI is InChI=1S/C15H31N3O/c1-5-17-15(3,4)14(19)16-11-13(2)12-18-9-7-6-8-10-18/h13,17H,5-12H2,1-4H3,(H,16,19). The van der Waals surface area contributed by atoms with E-state index < -0.39 is 5.54 Å². The average Bonchev–Trinajstić information content (AvgIpc) is 2.37. The average molecular weight is 269 g/mol. The maximum atomic E-state index is 12.1. The molecule has 0 saturated carbocycles. The lowest BCUT2D eigenvalue weighted by Gasteiger charge is -2.30. The third-order valence-corrected chi connectivity index (χ3v) is 3.82. The van der Waals surface area contributed by atoms with Crippen LogP contribution in [0.3, 0.4) is 0 Å². The van der Waals surface area contributed by atoms with Crippen LogP contribution >= 0.6 is 0 Å². The second-order valence-corrected chi connectivity index (χ2v) is 6.33. The highest BCUT2D eigenvalue weighted by molar-refractivity contribution is 5.85. The molecule has 0 aromatic heterocycles. The van der Waals surface area contributed by atoms with Crippen LogP contribution in [0, 0.1) is 5.92 Å². The van der Waals surface area contributed by atoms with Crippen LogP contribution in [-0.4, -0.2) is 49.1 Å². The molecule has 19 heavy (non-hydrogen) atoms. The monoisotopic (exact) mass is 269 g/mol. The predicted molar refractivity (Wildman–Crippen MR) is 80.2 cm³/mol. The molecule has 1 atom stereocenters. The van der Waals surface area contributed by atoms with Gasteiger partial charge in [-0.1, -0.05) is 20.3 Å². The van der Waals surface area contributed by atoms with Crippen LogP contribution < -0.4 is 10.6 Å². The van der Waals surface area contributed by atoms with Crippen molar-refractivity contribution in [3.63, 3.8) is 0 Å². The largest absolute Gasteiger partial charge is 0.354 e. The van der Waals surface area contributed by atoms with E-state index in [9.17, 15) is 4.79 Å². The van der Waals surface area contributed by atoms with Gasteiger partial charge in [0.25, 0.3) is 0 Å². The highest BCUT2D eigenvalue weighted by Crippen LogP contribution is 2.10. The van der Waals surface area contributed by atoms with Gasteiger partial charge in [-0.2, -0.15) is 0 Å². The van der Waals surface area contributed by atoms with Crippen molar-refractivity contribution in [2.75, 3.05) is 32.7 Å². The Balaban J connectivity index is 2.25. The number of likely N-dealkylation sites (tertiary alicyclic amines) is 1. The van der Waals surface area contributed by atoms with Crippen molar-refractivity contribution in [2.45, 2.75) is 52.5 Å². The van der Waals surface area contributed by atoms with Crippen LogP contribution in [-0.2, 0) is 4.79 Å². The zero-order valence-corrected chi connectivity index (χ0v) is 13.1. The number of hydrogen-bond acceptors (Lipinski definition) is 3. The molecule has 2 N–H and O–H groups in total. The lowest BCUT2D eigenvalue weighted by Crippen LogP contribution is -2.53. The number of hydrogen-bond donors (Lipinski definition) is 2. The van der Waals surface area contributed by atoms with Gasteiger partial charge < -0.3 is 15.5 Å². The van der Waals surface area contributed by atoms with Crippen LogP contribution in [0.4, 0.5) is 0 Å². The zero-order valence-electron chi connectivity index (χ0n) is 13.1. The topological polar surface area (TPSA) is 44.4 Å². The highest BCUT2D eigenvalue weighted by Gasteiger charge is 2.26. The maximum Gasteiger partial charge on any atom is 0.239 e. The molecule has 4 nitrogen and oxygen atoms in total. The number of piperidine rings is 1. The first-order valence-electron chi connectivity index (χ1n) is 7.71. The van der Waals surface area contributed by atoms with Gasteiger partial charge in [0.05, 0.1) is 5.54 Å². The summed E-state index contributed by atoms with van der Waals surface area (Å²) >= 11 is 0. The summed E-state index contributed by atoms with van der Waals surface area (Å²) in [6.45, 7) is 13.2. The molecule has 0 aliphatic carbocycles. The van der Waals surface area contributed by atoms with Gasteiger partial charge in [-0.05, 0) is 52.2 Å². The van der Waals surface area contributed by atoms with Crippen molar-refractivity contribution in [1.29, 1.82) is 0 Å². The summed E-state index contributed by atoms with van der Waals surface area (Å²) < 4.78 is 0. The second kappa shape index (κ2) is 7.85. The lowest BCUT2D eigenvalue weighted by molar-refractivity contribution is -0.126. The number of amides is 1. The molecule has 1 aliphatic heterocycles. The fraction of sp³-hybridized carbons (Fsp3) is 0.933. The first kappa shape index (κ1) is 16.4. The Morgan fingerprint density at radius 3 is 2.47 bits per heavy atom. The molecule has 1 amide bonds. The molecule has 0 spiro atoms. The number of rotatable bonds is 7. The Kier molecular flexibility index (Phi) is 6.80. The number of carbonyl (C=O) groups is 1. The minimum Gasteiger partial charge on any atom is -0.354 e. The summed E-state index contributed by atoms with van der Waals surface area (Å²) in [6.07, 6.45) is 4.03. The minimum absolute atomic E-state index is 0.0971. The SMILES string of the molecule is CCNC(C)(C)C(=O)NCC(C)CN1CCCCC1. The fourth-order valence-corrected chi connectivity index (χ4v) is 2.66. The van der Waals surface area contributed by atoms with Gasteiger partial charge in [-0.3, -0.25) is 4.79 Å². The summed E-state index contributed by atoms with van der Waals surface area (Å²) in [7, 11) is 0. The van der Waals surface area contributed by atoms with Crippen molar-refractivity contribution in [3.8, 4) is 0 Å². The molecule has 1 rings (SSSR count). The number of nitrogens with one attached hydrogen (secondary N) is 2. The number of carbonyl (C=O) groups excluding carboxylic acids is 1. The zero-order chi connectivity index (χ0) is 14.3. The van der Waals surface area contributed by atoms with Crippen LogP contribution in [0.25, 0.3) is 0 Å². The maximum absolute atomic E-state index is 12.1. The minimum atomic E-state index is -0.473. The number of nitrogens with zero attached hydrogens (tertiary/aromatic N) is 1. The summed E-state index contributed by atoms with van der Waals surface area (Å²) in [5.41, 5.74) is -0.473. The van der Waals surface area contributed by atoms with Gasteiger partial charge in [0.2, 0.25) is 5.91 Å². The molecule has 1 unspecified atom stereocenters. The molecule has 0 aromatic carbocycles. The van der Waals surface area contributed by atoms with E-state index in [1.807, 2.05) is 20.8 Å². The van der Waals surface area contributed by atoms with E-state index in [1.165, 1.54) is 32.4 Å². The van der Waals surface area contributed by atoms with E-state index >= 15 is 0 Å². The third kappa shape index (κ3) is 5.91. The summed E-state index contributed by atoms with van der Waals surface area (Å²) in [5, 5.41) is 6.27.